The van der Waals surface area contributed by atoms with E-state index in [1.165, 1.54) is 11.1 Å². The van der Waals surface area contributed by atoms with E-state index in [0.717, 1.165) is 44.5 Å². The third-order valence-corrected chi connectivity index (χ3v) is 10.2. The molecule has 0 radical (unpaired) electrons. The Bertz CT molecular complexity index is 2570. The van der Waals surface area contributed by atoms with E-state index in [-0.39, 0.29) is 11.3 Å². The second kappa shape index (κ2) is 13.1. The Morgan fingerprint density at radius 1 is 0.566 bits per heavy atom. The van der Waals surface area contributed by atoms with E-state index in [9.17, 15) is 0 Å². The molecule has 0 spiro atoms. The molecule has 0 fully saturated rings. The van der Waals surface area contributed by atoms with Gasteiger partial charge in [0.2, 0.25) is 0 Å². The molecule has 0 saturated heterocycles. The van der Waals surface area contributed by atoms with Crippen LogP contribution in [0.4, 0.5) is 0 Å². The van der Waals surface area contributed by atoms with Crippen molar-refractivity contribution in [1.29, 1.82) is 0 Å². The Labute approximate surface area is 309 Å². The monoisotopic (exact) mass is 687 g/mol. The normalized spacial score (nSPS) is 13.9. The van der Waals surface area contributed by atoms with Crippen LogP contribution >= 0.6 is 0 Å². The first kappa shape index (κ1) is 32.2. The number of benzene rings is 7. The summed E-state index contributed by atoms with van der Waals surface area (Å²) in [6, 6.07) is 55.8. The van der Waals surface area contributed by atoms with Crippen LogP contribution in [0.2, 0.25) is 0 Å². The average Bonchev–Trinajstić information content (AvgIpc) is 3.45. The molecule has 5 nitrogen and oxygen atoms in total. The number of hydrogen-bond donors (Lipinski definition) is 1. The number of fused-ring (bicyclic) bond motifs is 6. The molecular formula is C48H37N3O2. The molecule has 7 aromatic carbocycles. The van der Waals surface area contributed by atoms with Crippen molar-refractivity contribution in [2.24, 2.45) is 15.7 Å². The van der Waals surface area contributed by atoms with Gasteiger partial charge in [-0.15, -0.1) is 0 Å². The molecule has 0 aromatic heterocycles. The summed E-state index contributed by atoms with van der Waals surface area (Å²) in [6.07, 6.45) is 0. The van der Waals surface area contributed by atoms with E-state index in [1.807, 2.05) is 60.7 Å². The van der Waals surface area contributed by atoms with E-state index in [0.29, 0.717) is 40.9 Å². The zero-order valence-corrected chi connectivity index (χ0v) is 29.6. The molecule has 7 aromatic rings. The molecule has 9 rings (SSSR count). The van der Waals surface area contributed by atoms with Crippen molar-refractivity contribution in [3.63, 3.8) is 0 Å². The Kier molecular flexibility index (Phi) is 7.97. The molecule has 0 unspecified atom stereocenters. The van der Waals surface area contributed by atoms with Crippen LogP contribution in [-0.4, -0.2) is 11.7 Å². The highest BCUT2D eigenvalue weighted by molar-refractivity contribution is 6.12. The lowest BCUT2D eigenvalue weighted by Crippen LogP contribution is -2.18. The maximum atomic E-state index is 6.96. The standard InChI is InChI=1S/C48H37N3O2/c1-48(2)39-24-10-9-22-37(39)43-40(48)26-27-42-45(43)53-44-38(23-13-25-41(44)52-42)46(49)51-47(36-21-12-20-35(29-36)33-17-7-4-8-18-33)50-30-31-14-11-19-34(28-31)32-15-5-3-6-16-32/h3-29H,30H2,1-2H3,(H2,49,50,51). The van der Waals surface area contributed by atoms with Crippen molar-refractivity contribution < 1.29 is 9.47 Å². The van der Waals surface area contributed by atoms with Gasteiger partial charge in [-0.05, 0) is 74.8 Å². The molecule has 0 amide bonds. The summed E-state index contributed by atoms with van der Waals surface area (Å²) < 4.78 is 13.4. The van der Waals surface area contributed by atoms with Gasteiger partial charge in [0.15, 0.2) is 28.8 Å². The molecule has 2 N–H and O–H groups in total. The fourth-order valence-corrected chi connectivity index (χ4v) is 7.53. The third-order valence-electron chi connectivity index (χ3n) is 10.2. The minimum atomic E-state index is -0.176. The van der Waals surface area contributed by atoms with Crippen molar-refractivity contribution in [2.45, 2.75) is 25.8 Å². The summed E-state index contributed by atoms with van der Waals surface area (Å²) in [4.78, 5) is 10.2. The number of rotatable bonds is 6. The molecule has 1 aliphatic carbocycles. The first-order valence-corrected chi connectivity index (χ1v) is 17.9. The quantitative estimate of drug-likeness (QED) is 0.140. The Morgan fingerprint density at radius 2 is 1.21 bits per heavy atom. The van der Waals surface area contributed by atoms with E-state index >= 15 is 0 Å². The van der Waals surface area contributed by atoms with Crippen molar-refractivity contribution >= 4 is 11.7 Å². The van der Waals surface area contributed by atoms with Gasteiger partial charge in [0.05, 0.1) is 12.1 Å². The highest BCUT2D eigenvalue weighted by atomic mass is 16.6. The summed E-state index contributed by atoms with van der Waals surface area (Å²) in [5.74, 6) is 3.29. The van der Waals surface area contributed by atoms with Gasteiger partial charge in [-0.25, -0.2) is 4.99 Å². The van der Waals surface area contributed by atoms with Gasteiger partial charge in [-0.2, -0.15) is 0 Å². The van der Waals surface area contributed by atoms with Gasteiger partial charge >= 0.3 is 0 Å². The minimum Gasteiger partial charge on any atom is -0.449 e. The van der Waals surface area contributed by atoms with Crippen molar-refractivity contribution in [3.05, 3.63) is 192 Å². The minimum absolute atomic E-state index is 0.176. The lowest BCUT2D eigenvalue weighted by atomic mass is 9.82. The van der Waals surface area contributed by atoms with E-state index < -0.39 is 0 Å². The lowest BCUT2D eigenvalue weighted by Gasteiger charge is -2.26. The number of nitrogens with zero attached hydrogens (tertiary/aromatic N) is 2. The number of para-hydroxylation sites is 1. The van der Waals surface area contributed by atoms with Crippen molar-refractivity contribution in [1.82, 2.24) is 0 Å². The smallest absolute Gasteiger partial charge is 0.181 e. The summed E-state index contributed by atoms with van der Waals surface area (Å²) in [5, 5.41) is 0. The predicted molar refractivity (Wildman–Crippen MR) is 215 cm³/mol. The SMILES string of the molecule is CC1(C)c2ccccc2-c2c1ccc1c2Oc2c(cccc2C(N)=NC(=NCc2cccc(-c3ccccc3)c2)c2cccc(-c3ccccc3)c2)O1. The fourth-order valence-electron chi connectivity index (χ4n) is 7.53. The van der Waals surface area contributed by atoms with Gasteiger partial charge in [0, 0.05) is 16.5 Å². The lowest BCUT2D eigenvalue weighted by molar-refractivity contribution is 0.359. The first-order valence-electron chi connectivity index (χ1n) is 17.9. The average molecular weight is 688 g/mol. The van der Waals surface area contributed by atoms with Crippen molar-refractivity contribution in [2.75, 3.05) is 0 Å². The van der Waals surface area contributed by atoms with E-state index in [4.69, 9.17) is 25.2 Å². The summed E-state index contributed by atoms with van der Waals surface area (Å²) in [7, 11) is 0. The molecule has 0 atom stereocenters. The van der Waals surface area contributed by atoms with Crippen LogP contribution in [-0.2, 0) is 12.0 Å². The van der Waals surface area contributed by atoms with Crippen LogP contribution in [0.3, 0.4) is 0 Å². The van der Waals surface area contributed by atoms with Gasteiger partial charge in [-0.3, -0.25) is 4.99 Å². The van der Waals surface area contributed by atoms with Gasteiger partial charge < -0.3 is 15.2 Å². The molecule has 1 aliphatic heterocycles. The van der Waals surface area contributed by atoms with Crippen LogP contribution in [0.1, 0.15) is 41.7 Å². The van der Waals surface area contributed by atoms with Gasteiger partial charge in [-0.1, -0.05) is 147 Å². The Morgan fingerprint density at radius 3 is 1.98 bits per heavy atom. The van der Waals surface area contributed by atoms with E-state index in [2.05, 4.69) is 117 Å². The zero-order chi connectivity index (χ0) is 35.9. The Hall–Kier alpha value is -6.72. The summed E-state index contributed by atoms with van der Waals surface area (Å²) in [5.41, 5.74) is 18.5. The second-order valence-corrected chi connectivity index (χ2v) is 14.0. The topological polar surface area (TPSA) is 69.2 Å². The van der Waals surface area contributed by atoms with Crippen molar-refractivity contribution in [3.8, 4) is 56.4 Å². The van der Waals surface area contributed by atoms with Crippen LogP contribution in [0, 0.1) is 0 Å². The maximum absolute atomic E-state index is 6.96. The highest BCUT2D eigenvalue weighted by Crippen LogP contribution is 2.58. The van der Waals surface area contributed by atoms with Crippen LogP contribution in [0.5, 0.6) is 23.0 Å². The predicted octanol–water partition coefficient (Wildman–Crippen LogP) is 11.6. The third kappa shape index (κ3) is 5.86. The number of nitrogens with two attached hydrogens (primary N) is 1. The maximum Gasteiger partial charge on any atom is 0.181 e. The summed E-state index contributed by atoms with van der Waals surface area (Å²) in [6.45, 7) is 4.93. The summed E-state index contributed by atoms with van der Waals surface area (Å²) >= 11 is 0. The Balaban J connectivity index is 1.12. The zero-order valence-electron chi connectivity index (χ0n) is 29.6. The molecular weight excluding hydrogens is 651 g/mol. The van der Waals surface area contributed by atoms with Crippen LogP contribution < -0.4 is 15.2 Å². The molecule has 2 aliphatic rings. The number of hydrogen-bond acceptors (Lipinski definition) is 3. The molecule has 53 heavy (non-hydrogen) atoms. The molecule has 1 heterocycles. The highest BCUT2D eigenvalue weighted by Gasteiger charge is 2.39. The molecule has 0 saturated carbocycles. The van der Waals surface area contributed by atoms with Crippen LogP contribution in [0.25, 0.3) is 33.4 Å². The van der Waals surface area contributed by atoms with Gasteiger partial charge in [0.25, 0.3) is 0 Å². The molecule has 256 valence electrons. The molecule has 0 bridgehead atoms. The van der Waals surface area contributed by atoms with E-state index in [1.54, 1.807) is 0 Å². The molecule has 5 heteroatoms. The number of ether oxygens (including phenoxy) is 2. The largest absolute Gasteiger partial charge is 0.449 e. The first-order chi connectivity index (χ1) is 25.9. The van der Waals surface area contributed by atoms with Gasteiger partial charge in [0.1, 0.15) is 5.84 Å². The number of amidine groups is 2. The second-order valence-electron chi connectivity index (χ2n) is 14.0. The van der Waals surface area contributed by atoms with Crippen LogP contribution in [0.15, 0.2) is 174 Å². The fraction of sp³-hybridized carbons (Fsp3) is 0.0833. The number of aliphatic imine (C=N–C) groups is 2.